The lowest BCUT2D eigenvalue weighted by molar-refractivity contribution is 0.0692. The zero-order chi connectivity index (χ0) is 15.4. The standard InChI is InChI=1S/C13H16F2N2O3/c1-6(2)7(3)16-13(20)17-11-4-8(12(18)19)9(14)5-10(11)15/h4-7H,1-3H3,(H,18,19)(H2,16,17,20). The second-order valence-corrected chi connectivity index (χ2v) is 4.75. The number of carbonyl (C=O) groups excluding carboxylic acids is 1. The van der Waals surface area contributed by atoms with Gasteiger partial charge in [0, 0.05) is 12.1 Å². The quantitative estimate of drug-likeness (QED) is 0.796. The van der Waals surface area contributed by atoms with Crippen LogP contribution < -0.4 is 10.6 Å². The fourth-order valence-electron chi connectivity index (χ4n) is 1.34. The number of rotatable bonds is 4. The Morgan fingerprint density at radius 2 is 1.75 bits per heavy atom. The molecule has 0 bridgehead atoms. The van der Waals surface area contributed by atoms with E-state index in [4.69, 9.17) is 5.11 Å². The molecule has 5 nitrogen and oxygen atoms in total. The van der Waals surface area contributed by atoms with E-state index < -0.39 is 34.9 Å². The number of hydrogen-bond acceptors (Lipinski definition) is 2. The van der Waals surface area contributed by atoms with Crippen LogP contribution in [-0.2, 0) is 0 Å². The number of aromatic carboxylic acids is 1. The van der Waals surface area contributed by atoms with Gasteiger partial charge in [0.1, 0.15) is 11.6 Å². The predicted octanol–water partition coefficient (Wildman–Crippen LogP) is 2.83. The minimum atomic E-state index is -1.54. The highest BCUT2D eigenvalue weighted by molar-refractivity contribution is 5.93. The number of anilines is 1. The first-order valence-corrected chi connectivity index (χ1v) is 6.02. The summed E-state index contributed by atoms with van der Waals surface area (Å²) in [6.45, 7) is 5.56. The maximum atomic E-state index is 13.5. The van der Waals surface area contributed by atoms with Crippen LogP contribution in [0.5, 0.6) is 0 Å². The van der Waals surface area contributed by atoms with Gasteiger partial charge >= 0.3 is 12.0 Å². The van der Waals surface area contributed by atoms with Crippen LogP contribution in [-0.4, -0.2) is 23.1 Å². The average molecular weight is 286 g/mol. The molecule has 1 aromatic rings. The number of halogens is 2. The molecule has 0 aromatic heterocycles. The molecule has 0 aliphatic carbocycles. The average Bonchev–Trinajstić information content (AvgIpc) is 2.31. The number of hydrogen-bond donors (Lipinski definition) is 3. The van der Waals surface area contributed by atoms with Crippen LogP contribution in [0.25, 0.3) is 0 Å². The third kappa shape index (κ3) is 3.91. The van der Waals surface area contributed by atoms with E-state index in [9.17, 15) is 18.4 Å². The zero-order valence-electron chi connectivity index (χ0n) is 11.3. The fraction of sp³-hybridized carbons (Fsp3) is 0.385. The molecule has 0 radical (unpaired) electrons. The maximum absolute atomic E-state index is 13.5. The number of carboxylic acid groups (broad SMARTS) is 1. The minimum absolute atomic E-state index is 0.155. The molecule has 0 saturated carbocycles. The van der Waals surface area contributed by atoms with Crippen LogP contribution in [0.15, 0.2) is 12.1 Å². The predicted molar refractivity (Wildman–Crippen MR) is 69.8 cm³/mol. The van der Waals surface area contributed by atoms with Gasteiger partial charge in [0.05, 0.1) is 11.3 Å². The number of carbonyl (C=O) groups is 2. The minimum Gasteiger partial charge on any atom is -0.478 e. The molecule has 7 heteroatoms. The number of urea groups is 1. The van der Waals surface area contributed by atoms with Crippen molar-refractivity contribution in [2.45, 2.75) is 26.8 Å². The molecule has 110 valence electrons. The number of carboxylic acids is 1. The van der Waals surface area contributed by atoms with Crippen molar-refractivity contribution in [3.8, 4) is 0 Å². The Morgan fingerprint density at radius 1 is 1.15 bits per heavy atom. The van der Waals surface area contributed by atoms with Crippen molar-refractivity contribution in [2.24, 2.45) is 5.92 Å². The Bertz CT molecular complexity index is 533. The van der Waals surface area contributed by atoms with Crippen molar-refractivity contribution >= 4 is 17.7 Å². The normalized spacial score (nSPS) is 12.1. The first-order chi connectivity index (χ1) is 9.22. The van der Waals surface area contributed by atoms with E-state index in [0.29, 0.717) is 6.07 Å². The van der Waals surface area contributed by atoms with Crippen molar-refractivity contribution in [1.29, 1.82) is 0 Å². The molecule has 0 aliphatic heterocycles. The third-order valence-corrected chi connectivity index (χ3v) is 2.89. The molecule has 1 rings (SSSR count). The SMILES string of the molecule is CC(C)C(C)NC(=O)Nc1cc(C(=O)O)c(F)cc1F. The van der Waals surface area contributed by atoms with Crippen LogP contribution in [0, 0.1) is 17.6 Å². The largest absolute Gasteiger partial charge is 0.478 e. The first kappa shape index (κ1) is 15.9. The fourth-order valence-corrected chi connectivity index (χ4v) is 1.34. The summed E-state index contributed by atoms with van der Waals surface area (Å²) in [5, 5.41) is 13.5. The summed E-state index contributed by atoms with van der Waals surface area (Å²) in [4.78, 5) is 22.4. The van der Waals surface area contributed by atoms with E-state index >= 15 is 0 Å². The van der Waals surface area contributed by atoms with Crippen molar-refractivity contribution in [1.82, 2.24) is 5.32 Å². The van der Waals surface area contributed by atoms with Gasteiger partial charge in [-0.1, -0.05) is 13.8 Å². The molecule has 0 fully saturated rings. The van der Waals surface area contributed by atoms with Gasteiger partial charge in [-0.2, -0.15) is 0 Å². The lowest BCUT2D eigenvalue weighted by Gasteiger charge is -2.18. The van der Waals surface area contributed by atoms with E-state index in [2.05, 4.69) is 10.6 Å². The Morgan fingerprint density at radius 3 is 2.25 bits per heavy atom. The summed E-state index contributed by atoms with van der Waals surface area (Å²) in [7, 11) is 0. The molecule has 0 aliphatic rings. The van der Waals surface area contributed by atoms with E-state index in [-0.39, 0.29) is 12.0 Å². The van der Waals surface area contributed by atoms with Crippen molar-refractivity contribution in [2.75, 3.05) is 5.32 Å². The monoisotopic (exact) mass is 286 g/mol. The van der Waals surface area contributed by atoms with Crippen LogP contribution >= 0.6 is 0 Å². The van der Waals surface area contributed by atoms with Crippen molar-refractivity contribution in [3.05, 3.63) is 29.3 Å². The summed E-state index contributed by atoms with van der Waals surface area (Å²) in [5.74, 6) is -3.61. The van der Waals surface area contributed by atoms with Gasteiger partial charge in [0.2, 0.25) is 0 Å². The summed E-state index contributed by atoms with van der Waals surface area (Å²) < 4.78 is 26.7. The van der Waals surface area contributed by atoms with E-state index in [1.807, 2.05) is 13.8 Å². The molecule has 20 heavy (non-hydrogen) atoms. The Balaban J connectivity index is 2.90. The molecule has 2 amide bonds. The number of nitrogens with one attached hydrogen (secondary N) is 2. The van der Waals surface area contributed by atoms with E-state index in [1.54, 1.807) is 6.92 Å². The highest BCUT2D eigenvalue weighted by Crippen LogP contribution is 2.19. The number of amides is 2. The van der Waals surface area contributed by atoms with Gasteiger partial charge in [0.25, 0.3) is 0 Å². The van der Waals surface area contributed by atoms with Crippen molar-refractivity contribution < 1.29 is 23.5 Å². The highest BCUT2D eigenvalue weighted by Gasteiger charge is 2.17. The molecule has 0 heterocycles. The van der Waals surface area contributed by atoms with Gasteiger partial charge in [-0.25, -0.2) is 18.4 Å². The van der Waals surface area contributed by atoms with Gasteiger partial charge in [0.15, 0.2) is 0 Å². The summed E-state index contributed by atoms with van der Waals surface area (Å²) in [5.41, 5.74) is -1.10. The van der Waals surface area contributed by atoms with Crippen LogP contribution in [0.4, 0.5) is 19.3 Å². The lowest BCUT2D eigenvalue weighted by atomic mass is 10.1. The van der Waals surface area contributed by atoms with Gasteiger partial charge in [-0.15, -0.1) is 0 Å². The van der Waals surface area contributed by atoms with Gasteiger partial charge in [-0.05, 0) is 18.9 Å². The first-order valence-electron chi connectivity index (χ1n) is 6.02. The third-order valence-electron chi connectivity index (χ3n) is 2.89. The second kappa shape index (κ2) is 6.31. The lowest BCUT2D eigenvalue weighted by Crippen LogP contribution is -2.39. The van der Waals surface area contributed by atoms with Gasteiger partial charge in [-0.3, -0.25) is 0 Å². The topological polar surface area (TPSA) is 78.4 Å². The summed E-state index contributed by atoms with van der Waals surface area (Å²) >= 11 is 0. The van der Waals surface area contributed by atoms with Crippen molar-refractivity contribution in [3.63, 3.8) is 0 Å². The maximum Gasteiger partial charge on any atom is 0.338 e. The molecule has 1 aromatic carbocycles. The molecular weight excluding hydrogens is 270 g/mol. The Labute approximate surface area is 115 Å². The molecule has 1 atom stereocenters. The molecule has 0 saturated heterocycles. The van der Waals surface area contributed by atoms with Crippen LogP contribution in [0.2, 0.25) is 0 Å². The second-order valence-electron chi connectivity index (χ2n) is 4.75. The van der Waals surface area contributed by atoms with Crippen LogP contribution in [0.3, 0.4) is 0 Å². The highest BCUT2D eigenvalue weighted by atomic mass is 19.1. The molecule has 1 unspecified atom stereocenters. The summed E-state index contributed by atoms with van der Waals surface area (Å²) in [6.07, 6.45) is 0. The Kier molecular flexibility index (Phi) is 5.01. The smallest absolute Gasteiger partial charge is 0.338 e. The molecule has 0 spiro atoms. The van der Waals surface area contributed by atoms with Crippen LogP contribution in [0.1, 0.15) is 31.1 Å². The Hall–Kier alpha value is -2.18. The number of benzene rings is 1. The van der Waals surface area contributed by atoms with Gasteiger partial charge < -0.3 is 15.7 Å². The molecule has 3 N–H and O–H groups in total. The summed E-state index contributed by atoms with van der Waals surface area (Å²) in [6, 6.07) is 0.322. The zero-order valence-corrected chi connectivity index (χ0v) is 11.3. The molecular formula is C13H16F2N2O3. The van der Waals surface area contributed by atoms with E-state index in [0.717, 1.165) is 6.07 Å². The van der Waals surface area contributed by atoms with E-state index in [1.165, 1.54) is 0 Å².